The monoisotopic (exact) mass is 714 g/mol. The van der Waals surface area contributed by atoms with Crippen molar-refractivity contribution in [2.45, 2.75) is 63.2 Å². The number of ether oxygens (including phenoxy) is 3. The van der Waals surface area contributed by atoms with Crippen molar-refractivity contribution in [3.63, 3.8) is 0 Å². The summed E-state index contributed by atoms with van der Waals surface area (Å²) in [6, 6.07) is 14.9. The molecule has 1 heterocycles. The maximum absolute atomic E-state index is 14.4. The predicted molar refractivity (Wildman–Crippen MR) is 189 cm³/mol. The highest BCUT2D eigenvalue weighted by Gasteiger charge is 2.31. The van der Waals surface area contributed by atoms with Gasteiger partial charge in [0, 0.05) is 44.0 Å². The Morgan fingerprint density at radius 3 is 2.42 bits per heavy atom. The van der Waals surface area contributed by atoms with E-state index in [2.05, 4.69) is 10.0 Å². The number of hydrogen-bond acceptors (Lipinski definition) is 8. The minimum atomic E-state index is -4.01. The molecule has 272 valence electrons. The van der Waals surface area contributed by atoms with Crippen molar-refractivity contribution in [1.29, 1.82) is 0 Å². The van der Waals surface area contributed by atoms with Crippen LogP contribution in [0.15, 0.2) is 71.6 Å². The molecule has 3 aromatic rings. The molecular formula is C36H47FN4O8S. The maximum Gasteiger partial charge on any atom is 0.321 e. The van der Waals surface area contributed by atoms with E-state index in [0.717, 1.165) is 12.8 Å². The van der Waals surface area contributed by atoms with E-state index >= 15 is 0 Å². The molecule has 3 N–H and O–H groups in total. The highest BCUT2D eigenvalue weighted by atomic mass is 32.2. The van der Waals surface area contributed by atoms with Crippen molar-refractivity contribution >= 4 is 33.3 Å². The fourth-order valence-electron chi connectivity index (χ4n) is 5.52. The first kappa shape index (κ1) is 38.4. The predicted octanol–water partition coefficient (Wildman–Crippen LogP) is 5.59. The summed E-state index contributed by atoms with van der Waals surface area (Å²) in [4.78, 5) is 30.4. The number of aliphatic hydroxyl groups excluding tert-OH is 1. The highest BCUT2D eigenvalue weighted by Crippen LogP contribution is 2.30. The van der Waals surface area contributed by atoms with E-state index in [9.17, 15) is 27.5 Å². The zero-order valence-electron chi connectivity index (χ0n) is 29.1. The van der Waals surface area contributed by atoms with E-state index < -0.39 is 39.9 Å². The van der Waals surface area contributed by atoms with E-state index in [1.165, 1.54) is 59.4 Å². The van der Waals surface area contributed by atoms with Crippen LogP contribution < -0.4 is 19.5 Å². The molecule has 0 bridgehead atoms. The minimum absolute atomic E-state index is 0.0151. The Morgan fingerprint density at radius 2 is 1.76 bits per heavy atom. The second-order valence-electron chi connectivity index (χ2n) is 12.6. The molecule has 0 saturated heterocycles. The summed E-state index contributed by atoms with van der Waals surface area (Å²) >= 11 is 0. The zero-order valence-corrected chi connectivity index (χ0v) is 29.9. The maximum atomic E-state index is 14.4. The van der Waals surface area contributed by atoms with E-state index in [4.69, 9.17) is 14.2 Å². The number of nitrogens with zero attached hydrogens (tertiary/aromatic N) is 2. The number of methoxy groups -OCH3 is 1. The van der Waals surface area contributed by atoms with Gasteiger partial charge in [-0.3, -0.25) is 9.52 Å². The lowest BCUT2D eigenvalue weighted by atomic mass is 10.0. The molecule has 0 spiro atoms. The topological polar surface area (TPSA) is 147 Å². The van der Waals surface area contributed by atoms with Crippen molar-refractivity contribution in [1.82, 2.24) is 9.80 Å². The second-order valence-corrected chi connectivity index (χ2v) is 14.3. The van der Waals surface area contributed by atoms with Gasteiger partial charge in [-0.2, -0.15) is 0 Å². The summed E-state index contributed by atoms with van der Waals surface area (Å²) in [5, 5.41) is 13.0. The van der Waals surface area contributed by atoms with Gasteiger partial charge in [0.1, 0.15) is 17.3 Å². The second kappa shape index (κ2) is 17.5. The summed E-state index contributed by atoms with van der Waals surface area (Å²) in [7, 11) is -0.900. The van der Waals surface area contributed by atoms with E-state index in [-0.39, 0.29) is 47.9 Å². The van der Waals surface area contributed by atoms with Crippen molar-refractivity contribution in [3.8, 4) is 11.5 Å². The molecule has 50 heavy (non-hydrogen) atoms. The van der Waals surface area contributed by atoms with E-state index in [1.54, 1.807) is 38.2 Å². The molecule has 12 nitrogen and oxygen atoms in total. The standard InChI is InChI=1S/C36H47FN4O8S/c1-24-21-41(25(2)23-42)35(43)32-20-29(39-50(45,46)31-16-14-30(47-5)15-17-31)13-18-33(32)49-26(3)8-6-7-19-48-34(24)22-40(4)36(44)38-28-11-9-27(37)10-12-28/h9-18,20,24-26,34,39,42H,6-8,19,21-23H2,1-5H3,(H,38,44)/t24-,25+,26-,34+/m0/s1. The lowest BCUT2D eigenvalue weighted by Gasteiger charge is -2.35. The first-order chi connectivity index (χ1) is 23.8. The fourth-order valence-corrected chi connectivity index (χ4v) is 6.57. The molecule has 0 aliphatic carbocycles. The van der Waals surface area contributed by atoms with Crippen LogP contribution in [0.2, 0.25) is 0 Å². The SMILES string of the molecule is COc1ccc(S(=O)(=O)Nc2ccc3c(c2)C(=O)N([C@H](C)CO)C[C@H](C)[C@@H](CN(C)C(=O)Nc2ccc(F)cc2)OCCCC[C@H](C)O3)cc1. The lowest BCUT2D eigenvalue weighted by molar-refractivity contribution is -0.0115. The Morgan fingerprint density at radius 1 is 1.08 bits per heavy atom. The van der Waals surface area contributed by atoms with Crippen molar-refractivity contribution < 1.29 is 41.7 Å². The smallest absolute Gasteiger partial charge is 0.321 e. The number of sulfonamides is 1. The zero-order chi connectivity index (χ0) is 36.4. The molecular weight excluding hydrogens is 667 g/mol. The number of halogens is 1. The van der Waals surface area contributed by atoms with Crippen molar-refractivity contribution in [3.05, 3.63) is 78.1 Å². The molecule has 0 aromatic heterocycles. The third-order valence-corrected chi connectivity index (χ3v) is 9.97. The summed E-state index contributed by atoms with van der Waals surface area (Å²) in [5.41, 5.74) is 0.729. The van der Waals surface area contributed by atoms with Gasteiger partial charge in [-0.05, 0) is 99.8 Å². The normalized spacial score (nSPS) is 19.7. The van der Waals surface area contributed by atoms with Crippen LogP contribution in [0, 0.1) is 11.7 Å². The van der Waals surface area contributed by atoms with Crippen LogP contribution in [-0.2, 0) is 14.8 Å². The van der Waals surface area contributed by atoms with Crippen LogP contribution in [0.3, 0.4) is 0 Å². The van der Waals surface area contributed by atoms with Gasteiger partial charge in [0.15, 0.2) is 0 Å². The molecule has 1 aliphatic heterocycles. The minimum Gasteiger partial charge on any atom is -0.497 e. The molecule has 14 heteroatoms. The number of likely N-dealkylation sites (N-methyl/N-ethyl adjacent to an activating group) is 1. The van der Waals surface area contributed by atoms with Crippen LogP contribution in [0.5, 0.6) is 11.5 Å². The number of benzene rings is 3. The number of rotatable bonds is 9. The molecule has 1 aliphatic rings. The van der Waals surface area contributed by atoms with Crippen LogP contribution in [-0.4, -0.2) is 94.0 Å². The summed E-state index contributed by atoms with van der Waals surface area (Å²) in [6.45, 7) is 5.95. The molecule has 0 saturated carbocycles. The number of hydrogen-bond donors (Lipinski definition) is 3. The number of amides is 3. The number of anilines is 2. The summed E-state index contributed by atoms with van der Waals surface area (Å²) in [6.07, 6.45) is 1.42. The Balaban J connectivity index is 1.62. The number of carbonyl (C=O) groups is 2. The molecule has 0 unspecified atom stereocenters. The highest BCUT2D eigenvalue weighted by molar-refractivity contribution is 7.92. The average molecular weight is 715 g/mol. The number of nitrogens with one attached hydrogen (secondary N) is 2. The number of fused-ring (bicyclic) bond motifs is 1. The molecule has 0 radical (unpaired) electrons. The molecule has 3 aromatic carbocycles. The van der Waals surface area contributed by atoms with Gasteiger partial charge >= 0.3 is 6.03 Å². The van der Waals surface area contributed by atoms with Gasteiger partial charge in [-0.1, -0.05) is 6.92 Å². The van der Waals surface area contributed by atoms with E-state index in [0.29, 0.717) is 30.2 Å². The largest absolute Gasteiger partial charge is 0.497 e. The first-order valence-corrected chi connectivity index (χ1v) is 18.1. The molecule has 3 amide bonds. The number of carbonyl (C=O) groups excluding carboxylic acids is 2. The Labute approximate surface area is 293 Å². The third-order valence-electron chi connectivity index (χ3n) is 8.57. The quantitative estimate of drug-likeness (QED) is 0.260. The summed E-state index contributed by atoms with van der Waals surface area (Å²) < 4.78 is 60.1. The number of aliphatic hydroxyl groups is 1. The molecule has 4 atom stereocenters. The van der Waals surface area contributed by atoms with Gasteiger partial charge in [0.05, 0.1) is 42.4 Å². The van der Waals surface area contributed by atoms with Gasteiger partial charge in [-0.25, -0.2) is 17.6 Å². The van der Waals surface area contributed by atoms with Gasteiger partial charge < -0.3 is 34.4 Å². The van der Waals surface area contributed by atoms with E-state index in [1.807, 2.05) is 13.8 Å². The van der Waals surface area contributed by atoms with Crippen molar-refractivity contribution in [2.24, 2.45) is 5.92 Å². The van der Waals surface area contributed by atoms with Crippen LogP contribution in [0.25, 0.3) is 0 Å². The molecule has 4 rings (SSSR count). The lowest BCUT2D eigenvalue weighted by Crippen LogP contribution is -2.48. The Hall–Kier alpha value is -4.40. The van der Waals surface area contributed by atoms with Gasteiger partial charge in [0.25, 0.3) is 15.9 Å². The summed E-state index contributed by atoms with van der Waals surface area (Å²) in [5.74, 6) is -0.391. The van der Waals surface area contributed by atoms with Gasteiger partial charge in [-0.15, -0.1) is 0 Å². The van der Waals surface area contributed by atoms with Crippen molar-refractivity contribution in [2.75, 3.05) is 50.5 Å². The van der Waals surface area contributed by atoms with Gasteiger partial charge in [0.2, 0.25) is 0 Å². The fraction of sp³-hybridized carbons (Fsp3) is 0.444. The van der Waals surface area contributed by atoms with Crippen LogP contribution >= 0.6 is 0 Å². The average Bonchev–Trinajstić information content (AvgIpc) is 3.10. The van der Waals surface area contributed by atoms with Crippen LogP contribution in [0.1, 0.15) is 50.4 Å². The number of urea groups is 1. The Bertz CT molecular complexity index is 1690. The first-order valence-electron chi connectivity index (χ1n) is 16.6. The molecule has 0 fully saturated rings. The third kappa shape index (κ3) is 10.3. The Kier molecular flexibility index (Phi) is 13.4. The van der Waals surface area contributed by atoms with Crippen LogP contribution in [0.4, 0.5) is 20.6 Å².